The summed E-state index contributed by atoms with van der Waals surface area (Å²) >= 11 is 0. The van der Waals surface area contributed by atoms with Crippen LogP contribution in [0.4, 0.5) is 18.9 Å². The van der Waals surface area contributed by atoms with Gasteiger partial charge in [-0.05, 0) is 5.56 Å². The van der Waals surface area contributed by atoms with Crippen molar-refractivity contribution in [1.82, 2.24) is 4.90 Å². The highest BCUT2D eigenvalue weighted by Gasteiger charge is 2.43. The molecule has 0 fully saturated rings. The van der Waals surface area contributed by atoms with Crippen molar-refractivity contribution in [3.8, 4) is 0 Å². The predicted octanol–water partition coefficient (Wildman–Crippen LogP) is 1.57. The highest BCUT2D eigenvalue weighted by atomic mass is 19.4. The number of amides is 1. The maximum Gasteiger partial charge on any atom is 0.471 e. The number of nitro groups is 1. The number of carbonyl (C=O) groups is 2. The summed E-state index contributed by atoms with van der Waals surface area (Å²) in [7, 11) is 0. The minimum atomic E-state index is -5.23. The quantitative estimate of drug-likeness (QED) is 0.657. The average Bonchev–Trinajstić information content (AvgIpc) is 2.35. The minimum absolute atomic E-state index is 0.0167. The van der Waals surface area contributed by atoms with E-state index < -0.39 is 36.1 Å². The summed E-state index contributed by atoms with van der Waals surface area (Å²) in [4.78, 5) is 31.5. The molecule has 0 atom stereocenters. The molecule has 0 aliphatic rings. The van der Waals surface area contributed by atoms with Crippen LogP contribution in [0, 0.1) is 10.1 Å². The van der Waals surface area contributed by atoms with Crippen molar-refractivity contribution in [2.75, 3.05) is 6.54 Å². The number of hydrogen-bond acceptors (Lipinski definition) is 4. The molecule has 1 N–H and O–H groups in total. The van der Waals surface area contributed by atoms with Crippen LogP contribution in [0.25, 0.3) is 0 Å². The molecule has 1 aromatic rings. The Balaban J connectivity index is 3.01. The fourth-order valence-corrected chi connectivity index (χ4v) is 1.53. The molecule has 1 amide bonds. The molecule has 0 unspecified atom stereocenters. The first kappa shape index (κ1) is 16.4. The Labute approximate surface area is 115 Å². The lowest BCUT2D eigenvalue weighted by Gasteiger charge is -2.21. The molecule has 0 aromatic heterocycles. The van der Waals surface area contributed by atoms with E-state index in [1.165, 1.54) is 12.1 Å². The Morgan fingerprint density at radius 2 is 1.95 bits per heavy atom. The van der Waals surface area contributed by atoms with Crippen LogP contribution >= 0.6 is 0 Å². The van der Waals surface area contributed by atoms with E-state index in [2.05, 4.69) is 0 Å². The molecule has 0 radical (unpaired) electrons. The first-order valence-corrected chi connectivity index (χ1v) is 5.42. The monoisotopic (exact) mass is 306 g/mol. The van der Waals surface area contributed by atoms with Gasteiger partial charge in [-0.3, -0.25) is 19.7 Å². The van der Waals surface area contributed by atoms with Crippen LogP contribution < -0.4 is 0 Å². The molecule has 114 valence electrons. The van der Waals surface area contributed by atoms with E-state index in [4.69, 9.17) is 5.11 Å². The number of rotatable bonds is 5. The first-order chi connectivity index (χ1) is 9.61. The Bertz CT molecular complexity index is 573. The standard InChI is InChI=1S/C11H9F3N2O5/c12-11(13,14)10(19)15(6-9(17)18)5-7-2-1-3-8(4-7)16(20)21/h1-4H,5-6H2,(H,17,18). The number of hydrogen-bond donors (Lipinski definition) is 1. The van der Waals surface area contributed by atoms with E-state index in [1.54, 1.807) is 0 Å². The summed E-state index contributed by atoms with van der Waals surface area (Å²) in [6, 6.07) is 4.57. The van der Waals surface area contributed by atoms with Crippen molar-refractivity contribution >= 4 is 17.6 Å². The molecule has 0 heterocycles. The Morgan fingerprint density at radius 3 is 2.43 bits per heavy atom. The van der Waals surface area contributed by atoms with Crippen LogP contribution in [0.2, 0.25) is 0 Å². The fourth-order valence-electron chi connectivity index (χ4n) is 1.53. The summed E-state index contributed by atoms with van der Waals surface area (Å²) < 4.78 is 37.1. The SMILES string of the molecule is O=C(O)CN(Cc1cccc([N+](=O)[O-])c1)C(=O)C(F)(F)F. The number of carboxylic acid groups (broad SMARTS) is 1. The number of benzene rings is 1. The van der Waals surface area contributed by atoms with Gasteiger partial charge in [-0.2, -0.15) is 13.2 Å². The number of nitro benzene ring substituents is 1. The second-order valence-electron chi connectivity index (χ2n) is 3.98. The van der Waals surface area contributed by atoms with Crippen LogP contribution in [0.1, 0.15) is 5.56 Å². The molecule has 1 rings (SSSR count). The van der Waals surface area contributed by atoms with Gasteiger partial charge in [0.05, 0.1) is 4.92 Å². The molecule has 0 spiro atoms. The van der Waals surface area contributed by atoms with Crippen molar-refractivity contribution in [3.63, 3.8) is 0 Å². The number of non-ortho nitro benzene ring substituents is 1. The normalized spacial score (nSPS) is 11.0. The van der Waals surface area contributed by atoms with E-state index in [-0.39, 0.29) is 16.2 Å². The van der Waals surface area contributed by atoms with Crippen molar-refractivity contribution < 1.29 is 32.8 Å². The summed E-state index contributed by atoms with van der Waals surface area (Å²) in [6.45, 7) is -1.87. The molecule has 1 aromatic carbocycles. The van der Waals surface area contributed by atoms with Gasteiger partial charge in [0, 0.05) is 18.7 Å². The molecule has 7 nitrogen and oxygen atoms in total. The molecule has 0 aliphatic carbocycles. The first-order valence-electron chi connectivity index (χ1n) is 5.42. The smallest absolute Gasteiger partial charge is 0.471 e. The van der Waals surface area contributed by atoms with Gasteiger partial charge in [0.2, 0.25) is 0 Å². The van der Waals surface area contributed by atoms with E-state index in [0.29, 0.717) is 0 Å². The van der Waals surface area contributed by atoms with Gasteiger partial charge < -0.3 is 10.0 Å². The topological polar surface area (TPSA) is 101 Å². The molecule has 0 saturated heterocycles. The van der Waals surface area contributed by atoms with Gasteiger partial charge >= 0.3 is 18.1 Å². The number of nitrogens with zero attached hydrogens (tertiary/aromatic N) is 2. The maximum absolute atomic E-state index is 12.4. The molecule has 0 saturated carbocycles. The van der Waals surface area contributed by atoms with Crippen molar-refractivity contribution in [1.29, 1.82) is 0 Å². The number of halogens is 3. The highest BCUT2D eigenvalue weighted by molar-refractivity contribution is 5.85. The summed E-state index contributed by atoms with van der Waals surface area (Å²) in [5, 5.41) is 19.1. The van der Waals surface area contributed by atoms with Gasteiger partial charge in [-0.25, -0.2) is 0 Å². The molecule has 0 bridgehead atoms. The van der Waals surface area contributed by atoms with E-state index in [0.717, 1.165) is 12.1 Å². The van der Waals surface area contributed by atoms with Gasteiger partial charge in [-0.15, -0.1) is 0 Å². The van der Waals surface area contributed by atoms with Crippen molar-refractivity contribution in [2.45, 2.75) is 12.7 Å². The molecule has 10 heteroatoms. The molecule has 21 heavy (non-hydrogen) atoms. The summed E-state index contributed by atoms with van der Waals surface area (Å²) in [5.41, 5.74) is -0.356. The molecular formula is C11H9F3N2O5. The molecule has 0 aliphatic heterocycles. The van der Waals surface area contributed by atoms with Crippen LogP contribution in [0.15, 0.2) is 24.3 Å². The minimum Gasteiger partial charge on any atom is -0.480 e. The number of carbonyl (C=O) groups excluding carboxylic acids is 1. The van der Waals surface area contributed by atoms with Crippen LogP contribution in [0.3, 0.4) is 0 Å². The molecular weight excluding hydrogens is 297 g/mol. The third kappa shape index (κ3) is 4.75. The van der Waals surface area contributed by atoms with Gasteiger partial charge in [-0.1, -0.05) is 12.1 Å². The van der Waals surface area contributed by atoms with Crippen LogP contribution in [-0.4, -0.2) is 39.5 Å². The third-order valence-electron chi connectivity index (χ3n) is 2.35. The maximum atomic E-state index is 12.4. The Hall–Kier alpha value is -2.65. The van der Waals surface area contributed by atoms with Gasteiger partial charge in [0.25, 0.3) is 5.69 Å². The Morgan fingerprint density at radius 1 is 1.33 bits per heavy atom. The Kier molecular flexibility index (Phi) is 4.84. The lowest BCUT2D eigenvalue weighted by atomic mass is 10.2. The zero-order chi connectivity index (χ0) is 16.2. The van der Waals surface area contributed by atoms with E-state index in [1.807, 2.05) is 0 Å². The average molecular weight is 306 g/mol. The third-order valence-corrected chi connectivity index (χ3v) is 2.35. The van der Waals surface area contributed by atoms with Gasteiger partial charge in [0.1, 0.15) is 6.54 Å². The van der Waals surface area contributed by atoms with E-state index in [9.17, 15) is 32.9 Å². The van der Waals surface area contributed by atoms with Gasteiger partial charge in [0.15, 0.2) is 0 Å². The lowest BCUT2D eigenvalue weighted by molar-refractivity contribution is -0.384. The summed E-state index contributed by atoms with van der Waals surface area (Å²) in [5.74, 6) is -3.95. The predicted molar refractivity (Wildman–Crippen MR) is 62.2 cm³/mol. The zero-order valence-electron chi connectivity index (χ0n) is 10.3. The number of alkyl halides is 3. The second-order valence-corrected chi connectivity index (χ2v) is 3.98. The zero-order valence-corrected chi connectivity index (χ0v) is 10.3. The second kappa shape index (κ2) is 6.20. The van der Waals surface area contributed by atoms with Crippen molar-refractivity contribution in [2.24, 2.45) is 0 Å². The van der Waals surface area contributed by atoms with Crippen LogP contribution in [-0.2, 0) is 16.1 Å². The van der Waals surface area contributed by atoms with Crippen LogP contribution in [0.5, 0.6) is 0 Å². The summed E-state index contributed by atoms with van der Waals surface area (Å²) in [6.07, 6.45) is -5.23. The number of carboxylic acids is 1. The lowest BCUT2D eigenvalue weighted by Crippen LogP contribution is -2.43. The number of aliphatic carboxylic acids is 1. The fraction of sp³-hybridized carbons (Fsp3) is 0.273. The largest absolute Gasteiger partial charge is 0.480 e. The van der Waals surface area contributed by atoms with Crippen molar-refractivity contribution in [3.05, 3.63) is 39.9 Å². The highest BCUT2D eigenvalue weighted by Crippen LogP contribution is 2.21. The van der Waals surface area contributed by atoms with E-state index >= 15 is 0 Å².